The lowest BCUT2D eigenvalue weighted by Crippen LogP contribution is -2.26. The first-order valence-electron chi connectivity index (χ1n) is 7.62. The quantitative estimate of drug-likeness (QED) is 0.362. The van der Waals surface area contributed by atoms with Gasteiger partial charge in [-0.05, 0) is 18.2 Å². The molecule has 3 N–H and O–H groups in total. The molecule has 0 aliphatic carbocycles. The molecule has 0 spiro atoms. The molecule has 1 aromatic carbocycles. The molecule has 0 saturated carbocycles. The van der Waals surface area contributed by atoms with Gasteiger partial charge in [-0.1, -0.05) is 35.5 Å². The molecule has 0 saturated heterocycles. The maximum Gasteiger partial charge on any atom is 0.251 e. The van der Waals surface area contributed by atoms with Crippen LogP contribution in [0.1, 0.15) is 5.69 Å². The SMILES string of the molecule is C=CCNC(=O)Cc1cc(=O)[nH]c(SCC(=O)Nc2cccc(Cl)c2)n1. The van der Waals surface area contributed by atoms with Crippen LogP contribution in [0.4, 0.5) is 5.69 Å². The van der Waals surface area contributed by atoms with Crippen LogP contribution in [0.3, 0.4) is 0 Å². The Morgan fingerprint density at radius 1 is 1.31 bits per heavy atom. The van der Waals surface area contributed by atoms with Gasteiger partial charge in [-0.3, -0.25) is 14.4 Å². The number of halogens is 1. The molecule has 2 rings (SSSR count). The van der Waals surface area contributed by atoms with Crippen LogP contribution in [0, 0.1) is 0 Å². The third kappa shape index (κ3) is 6.73. The summed E-state index contributed by atoms with van der Waals surface area (Å²) in [5, 5.41) is 6.10. The van der Waals surface area contributed by atoms with Gasteiger partial charge in [0.1, 0.15) is 0 Å². The number of carbonyl (C=O) groups excluding carboxylic acids is 2. The third-order valence-corrected chi connectivity index (χ3v) is 4.12. The summed E-state index contributed by atoms with van der Waals surface area (Å²) in [4.78, 5) is 42.1. The predicted octanol–water partition coefficient (Wildman–Crippen LogP) is 2.00. The maximum atomic E-state index is 12.0. The van der Waals surface area contributed by atoms with E-state index >= 15 is 0 Å². The van der Waals surface area contributed by atoms with Gasteiger partial charge in [0.15, 0.2) is 5.16 Å². The lowest BCUT2D eigenvalue weighted by molar-refractivity contribution is -0.120. The zero-order valence-electron chi connectivity index (χ0n) is 13.8. The van der Waals surface area contributed by atoms with Crippen molar-refractivity contribution in [1.82, 2.24) is 15.3 Å². The van der Waals surface area contributed by atoms with Gasteiger partial charge < -0.3 is 15.6 Å². The van der Waals surface area contributed by atoms with Crippen molar-refractivity contribution < 1.29 is 9.59 Å². The average molecular weight is 393 g/mol. The number of aromatic amines is 1. The minimum atomic E-state index is -0.385. The van der Waals surface area contributed by atoms with Crippen LogP contribution in [0.5, 0.6) is 0 Å². The van der Waals surface area contributed by atoms with Crippen molar-refractivity contribution in [2.24, 2.45) is 0 Å². The molecule has 2 aromatic rings. The van der Waals surface area contributed by atoms with Gasteiger partial charge in [0.25, 0.3) is 5.56 Å². The molecule has 0 bridgehead atoms. The van der Waals surface area contributed by atoms with Crippen molar-refractivity contribution in [3.8, 4) is 0 Å². The zero-order valence-corrected chi connectivity index (χ0v) is 15.3. The standard InChI is InChI=1S/C17H17ClN4O3S/c1-2-6-19-14(23)8-13-9-15(24)22-17(21-13)26-10-16(25)20-12-5-3-4-11(18)7-12/h2-5,7,9H,1,6,8,10H2,(H,19,23)(H,20,25)(H,21,22,24). The zero-order chi connectivity index (χ0) is 18.9. The number of rotatable bonds is 8. The number of benzene rings is 1. The van der Waals surface area contributed by atoms with Crippen molar-refractivity contribution in [2.75, 3.05) is 17.6 Å². The van der Waals surface area contributed by atoms with Crippen molar-refractivity contribution >= 4 is 40.9 Å². The molecular weight excluding hydrogens is 376 g/mol. The first-order valence-corrected chi connectivity index (χ1v) is 8.98. The Hall–Kier alpha value is -2.58. The van der Waals surface area contributed by atoms with E-state index in [0.717, 1.165) is 11.8 Å². The largest absolute Gasteiger partial charge is 0.352 e. The number of hydrogen-bond donors (Lipinski definition) is 3. The molecule has 1 aromatic heterocycles. The molecule has 9 heteroatoms. The van der Waals surface area contributed by atoms with E-state index in [1.807, 2.05) is 0 Å². The monoisotopic (exact) mass is 392 g/mol. The smallest absolute Gasteiger partial charge is 0.251 e. The summed E-state index contributed by atoms with van der Waals surface area (Å²) in [7, 11) is 0. The molecule has 0 atom stereocenters. The first kappa shape index (κ1) is 19.7. The predicted molar refractivity (Wildman–Crippen MR) is 103 cm³/mol. The first-order chi connectivity index (χ1) is 12.5. The minimum absolute atomic E-state index is 0.0277. The van der Waals surface area contributed by atoms with Gasteiger partial charge in [0.2, 0.25) is 11.8 Å². The Balaban J connectivity index is 1.94. The highest BCUT2D eigenvalue weighted by Gasteiger charge is 2.09. The van der Waals surface area contributed by atoms with Crippen LogP contribution in [-0.2, 0) is 16.0 Å². The molecule has 0 aliphatic heterocycles. The molecule has 7 nitrogen and oxygen atoms in total. The topological polar surface area (TPSA) is 104 Å². The molecule has 0 radical (unpaired) electrons. The second-order valence-corrected chi connectivity index (χ2v) is 6.56. The van der Waals surface area contributed by atoms with Crippen molar-refractivity contribution in [3.63, 3.8) is 0 Å². The van der Waals surface area contributed by atoms with E-state index in [-0.39, 0.29) is 34.7 Å². The van der Waals surface area contributed by atoms with Crippen molar-refractivity contribution in [1.29, 1.82) is 0 Å². The van der Waals surface area contributed by atoms with Crippen LogP contribution >= 0.6 is 23.4 Å². The van der Waals surface area contributed by atoms with Crippen LogP contribution in [-0.4, -0.2) is 34.1 Å². The number of thioether (sulfide) groups is 1. The molecule has 2 amide bonds. The number of hydrogen-bond acceptors (Lipinski definition) is 5. The number of anilines is 1. The second kappa shape index (κ2) is 9.79. The number of carbonyl (C=O) groups is 2. The van der Waals surface area contributed by atoms with Gasteiger partial charge >= 0.3 is 0 Å². The van der Waals surface area contributed by atoms with Gasteiger partial charge in [-0.2, -0.15) is 0 Å². The highest BCUT2D eigenvalue weighted by molar-refractivity contribution is 7.99. The molecule has 26 heavy (non-hydrogen) atoms. The van der Waals surface area contributed by atoms with Crippen LogP contribution < -0.4 is 16.2 Å². The Bertz CT molecular complexity index is 869. The molecule has 136 valence electrons. The summed E-state index contributed by atoms with van der Waals surface area (Å²) < 4.78 is 0. The van der Waals surface area contributed by atoms with E-state index in [2.05, 4.69) is 27.2 Å². The van der Waals surface area contributed by atoms with E-state index in [1.165, 1.54) is 6.07 Å². The van der Waals surface area contributed by atoms with E-state index in [1.54, 1.807) is 30.3 Å². The molecule has 0 fully saturated rings. The fraction of sp³-hybridized carbons (Fsp3) is 0.176. The van der Waals surface area contributed by atoms with Crippen LogP contribution in [0.2, 0.25) is 5.02 Å². The minimum Gasteiger partial charge on any atom is -0.352 e. The summed E-state index contributed by atoms with van der Waals surface area (Å²) in [6, 6.07) is 8.04. The van der Waals surface area contributed by atoms with Gasteiger partial charge in [0.05, 0.1) is 17.9 Å². The number of H-pyrrole nitrogens is 1. The number of nitrogens with zero attached hydrogens (tertiary/aromatic N) is 1. The van der Waals surface area contributed by atoms with Crippen molar-refractivity contribution in [3.05, 3.63) is 64.1 Å². The number of amides is 2. The summed E-state index contributed by atoms with van der Waals surface area (Å²) in [5.41, 5.74) is 0.523. The summed E-state index contributed by atoms with van der Waals surface area (Å²) in [6.45, 7) is 3.85. The van der Waals surface area contributed by atoms with Gasteiger partial charge in [0, 0.05) is 23.3 Å². The Labute approximate surface area is 159 Å². The Morgan fingerprint density at radius 3 is 2.85 bits per heavy atom. The Morgan fingerprint density at radius 2 is 2.12 bits per heavy atom. The maximum absolute atomic E-state index is 12.0. The molecule has 1 heterocycles. The second-order valence-electron chi connectivity index (χ2n) is 5.16. The van der Waals surface area contributed by atoms with Gasteiger partial charge in [-0.25, -0.2) is 4.98 Å². The Kier molecular flexibility index (Phi) is 7.43. The molecule has 0 unspecified atom stereocenters. The van der Waals surface area contributed by atoms with E-state index < -0.39 is 0 Å². The lowest BCUT2D eigenvalue weighted by Gasteiger charge is -2.06. The molecule has 0 aliphatic rings. The van der Waals surface area contributed by atoms with E-state index in [9.17, 15) is 14.4 Å². The summed E-state index contributed by atoms with van der Waals surface area (Å²) in [5.74, 6) is -0.492. The number of aromatic nitrogens is 2. The number of nitrogens with one attached hydrogen (secondary N) is 3. The third-order valence-electron chi connectivity index (χ3n) is 3.01. The van der Waals surface area contributed by atoms with E-state index in [4.69, 9.17) is 11.6 Å². The van der Waals surface area contributed by atoms with Crippen LogP contribution in [0.15, 0.2) is 52.9 Å². The van der Waals surface area contributed by atoms with Crippen molar-refractivity contribution in [2.45, 2.75) is 11.6 Å². The lowest BCUT2D eigenvalue weighted by atomic mass is 10.3. The van der Waals surface area contributed by atoms with Crippen LogP contribution in [0.25, 0.3) is 0 Å². The highest BCUT2D eigenvalue weighted by atomic mass is 35.5. The normalized spacial score (nSPS) is 10.2. The fourth-order valence-electron chi connectivity index (χ4n) is 1.95. The summed E-state index contributed by atoms with van der Waals surface area (Å²) in [6.07, 6.45) is 1.53. The highest BCUT2D eigenvalue weighted by Crippen LogP contribution is 2.16. The average Bonchev–Trinajstić information content (AvgIpc) is 2.58. The van der Waals surface area contributed by atoms with Gasteiger partial charge in [-0.15, -0.1) is 6.58 Å². The fourth-order valence-corrected chi connectivity index (χ4v) is 2.84. The summed E-state index contributed by atoms with van der Waals surface area (Å²) >= 11 is 6.93. The van der Waals surface area contributed by atoms with E-state index in [0.29, 0.717) is 22.9 Å². The molecular formula is C17H17ClN4O3S.